The monoisotopic (exact) mass is 606 g/mol. The number of halogens is 1. The van der Waals surface area contributed by atoms with E-state index in [0.29, 0.717) is 22.9 Å². The molecule has 0 bridgehead atoms. The fourth-order valence-electron chi connectivity index (χ4n) is 3.74. The van der Waals surface area contributed by atoms with E-state index in [4.69, 9.17) is 30.1 Å². The largest absolute Gasteiger partial charge is 0.462 e. The van der Waals surface area contributed by atoms with Gasteiger partial charge >= 0.3 is 20.2 Å². The zero-order valence-corrected chi connectivity index (χ0v) is 25.6. The number of hydrogen-bond acceptors (Lipinski definition) is 9. The molecule has 3 rings (SSSR count). The molecule has 2 aromatic heterocycles. The first-order chi connectivity index (χ1) is 19.5. The molecule has 222 valence electrons. The predicted molar refractivity (Wildman–Crippen MR) is 158 cm³/mol. The summed E-state index contributed by atoms with van der Waals surface area (Å²) >= 11 is 6.34. The van der Waals surface area contributed by atoms with Crippen LogP contribution in [0.5, 0.6) is 5.75 Å². The van der Waals surface area contributed by atoms with Gasteiger partial charge in [0.1, 0.15) is 18.0 Å². The number of ether oxygens (including phenoxy) is 2. The Balaban J connectivity index is 1.75. The topological polar surface area (TPSA) is 134 Å². The number of hydrogen-bond donors (Lipinski definition) is 2. The molecule has 3 aromatic rings. The van der Waals surface area contributed by atoms with E-state index in [1.807, 2.05) is 26.0 Å². The van der Waals surface area contributed by atoms with Crippen molar-refractivity contribution in [2.24, 2.45) is 0 Å². The fourth-order valence-corrected chi connectivity index (χ4v) is 5.17. The third-order valence-corrected chi connectivity index (χ3v) is 7.53. The Kier molecular flexibility index (Phi) is 12.1. The number of nitrogens with one attached hydrogen (secondary N) is 2. The molecule has 0 amide bonds. The van der Waals surface area contributed by atoms with Crippen LogP contribution in [0.1, 0.15) is 52.8 Å². The highest BCUT2D eigenvalue weighted by Crippen LogP contribution is 2.39. The maximum atomic E-state index is 12.5. The molecule has 0 saturated heterocycles. The highest BCUT2D eigenvalue weighted by atomic mass is 35.5. The minimum atomic E-state index is -1.83. The van der Waals surface area contributed by atoms with Gasteiger partial charge in [0.05, 0.1) is 29.5 Å². The van der Waals surface area contributed by atoms with Gasteiger partial charge in [0.25, 0.3) is 5.56 Å². The summed E-state index contributed by atoms with van der Waals surface area (Å²) in [4.78, 5) is 42.7. The number of esters is 1. The van der Waals surface area contributed by atoms with Crippen LogP contribution in [-0.4, -0.2) is 45.4 Å². The predicted octanol–water partition coefficient (Wildman–Crippen LogP) is 5.13. The Morgan fingerprint density at radius 2 is 1.93 bits per heavy atom. The quantitative estimate of drug-likeness (QED) is 0.189. The molecular formula is C28H36ClN4O7P. The van der Waals surface area contributed by atoms with Gasteiger partial charge in [0, 0.05) is 24.0 Å². The van der Waals surface area contributed by atoms with Gasteiger partial charge < -0.3 is 18.5 Å². The van der Waals surface area contributed by atoms with Crippen LogP contribution in [0.25, 0.3) is 11.3 Å². The van der Waals surface area contributed by atoms with Gasteiger partial charge in [-0.2, -0.15) is 0 Å². The Morgan fingerprint density at radius 1 is 1.17 bits per heavy atom. The molecule has 0 aliphatic rings. The Labute approximate surface area is 245 Å². The third-order valence-electron chi connectivity index (χ3n) is 5.87. The first kappa shape index (κ1) is 32.4. The molecule has 4 atom stereocenters. The zero-order chi connectivity index (χ0) is 30.1. The standard InChI is InChI=1S/C28H36ClN4O7P/c1-7-21(39-20(6)33-14-12-25(34)31-28(33)36)16-37-41(32-19(5)27(35)38-17(2)3)40-22-10-11-23(18(4)15-22)26-24(29)9-8-13-30-26/h8-15,17,19-21,32H,7,16H2,1-6H3,(H,31,34,36)/t19-,20?,21?,41?/m0/s1. The number of pyridine rings is 1. The van der Waals surface area contributed by atoms with Crippen molar-refractivity contribution in [3.63, 3.8) is 0 Å². The minimum absolute atomic E-state index is 0.101. The summed E-state index contributed by atoms with van der Waals surface area (Å²) < 4.78 is 24.9. The van der Waals surface area contributed by atoms with E-state index in [1.54, 1.807) is 52.1 Å². The van der Waals surface area contributed by atoms with Crippen molar-refractivity contribution in [1.82, 2.24) is 19.6 Å². The SMILES string of the molecule is CCC(COP(N[C@@H](C)C(=O)OC(C)C)Oc1ccc(-c2ncccc2Cl)c(C)c1)OC(C)n1ccc(=O)[nH]c1=O. The highest BCUT2D eigenvalue weighted by Gasteiger charge is 2.25. The van der Waals surface area contributed by atoms with Gasteiger partial charge in [0.2, 0.25) is 0 Å². The fraction of sp³-hybridized carbons (Fsp3) is 0.429. The van der Waals surface area contributed by atoms with Crippen molar-refractivity contribution in [2.45, 2.75) is 72.4 Å². The molecule has 0 aliphatic carbocycles. The molecule has 3 unspecified atom stereocenters. The van der Waals surface area contributed by atoms with E-state index in [0.717, 1.165) is 11.1 Å². The lowest BCUT2D eigenvalue weighted by Crippen LogP contribution is -2.36. The summed E-state index contributed by atoms with van der Waals surface area (Å²) in [5.74, 6) is 0.0776. The lowest BCUT2D eigenvalue weighted by atomic mass is 10.0. The van der Waals surface area contributed by atoms with Crippen LogP contribution in [0.2, 0.25) is 5.02 Å². The van der Waals surface area contributed by atoms with Crippen LogP contribution >= 0.6 is 20.1 Å². The molecule has 0 fully saturated rings. The van der Waals surface area contributed by atoms with Gasteiger partial charge in [-0.1, -0.05) is 18.5 Å². The number of rotatable bonds is 14. The lowest BCUT2D eigenvalue weighted by Gasteiger charge is -2.26. The second-order valence-electron chi connectivity index (χ2n) is 9.57. The molecule has 0 radical (unpaired) electrons. The van der Waals surface area contributed by atoms with Gasteiger partial charge in [-0.3, -0.25) is 24.1 Å². The van der Waals surface area contributed by atoms with Gasteiger partial charge in [0.15, 0.2) is 0 Å². The van der Waals surface area contributed by atoms with Gasteiger partial charge in [-0.15, -0.1) is 0 Å². The molecule has 1 aromatic carbocycles. The van der Waals surface area contributed by atoms with Crippen LogP contribution in [0.15, 0.2) is 58.4 Å². The highest BCUT2D eigenvalue weighted by molar-refractivity contribution is 7.45. The van der Waals surface area contributed by atoms with Crippen LogP contribution in [-0.2, 0) is 18.8 Å². The van der Waals surface area contributed by atoms with E-state index in [1.165, 1.54) is 16.8 Å². The molecule has 0 spiro atoms. The van der Waals surface area contributed by atoms with Crippen molar-refractivity contribution in [1.29, 1.82) is 0 Å². The Morgan fingerprint density at radius 3 is 2.56 bits per heavy atom. The van der Waals surface area contributed by atoms with E-state index in [-0.39, 0.29) is 12.7 Å². The van der Waals surface area contributed by atoms with Crippen LogP contribution in [0.3, 0.4) is 0 Å². The summed E-state index contributed by atoms with van der Waals surface area (Å²) in [6.45, 7) is 10.9. The van der Waals surface area contributed by atoms with E-state index < -0.39 is 44.1 Å². The number of H-pyrrole nitrogens is 1. The molecule has 11 nitrogen and oxygen atoms in total. The summed E-state index contributed by atoms with van der Waals surface area (Å²) in [6, 6.07) is 9.58. The molecule has 2 N–H and O–H groups in total. The second-order valence-corrected chi connectivity index (χ2v) is 11.2. The summed E-state index contributed by atoms with van der Waals surface area (Å²) in [7, 11) is -1.83. The summed E-state index contributed by atoms with van der Waals surface area (Å²) in [6.07, 6.45) is 2.26. The van der Waals surface area contributed by atoms with Gasteiger partial charge in [-0.05, 0) is 76.9 Å². The number of carbonyl (C=O) groups is 1. The first-order valence-electron chi connectivity index (χ1n) is 13.2. The minimum Gasteiger partial charge on any atom is -0.462 e. The number of benzene rings is 1. The summed E-state index contributed by atoms with van der Waals surface area (Å²) in [5, 5.41) is 3.63. The smallest absolute Gasteiger partial charge is 0.330 e. The van der Waals surface area contributed by atoms with Crippen molar-refractivity contribution < 1.29 is 23.3 Å². The van der Waals surface area contributed by atoms with Crippen molar-refractivity contribution >= 4 is 26.1 Å². The van der Waals surface area contributed by atoms with Gasteiger partial charge in [-0.25, -0.2) is 9.88 Å². The molecular weight excluding hydrogens is 571 g/mol. The van der Waals surface area contributed by atoms with Crippen molar-refractivity contribution in [3.05, 3.63) is 80.2 Å². The number of carbonyl (C=O) groups excluding carboxylic acids is 1. The molecule has 0 aliphatic heterocycles. The summed E-state index contributed by atoms with van der Waals surface area (Å²) in [5.41, 5.74) is 1.36. The van der Waals surface area contributed by atoms with Crippen molar-refractivity contribution in [3.8, 4) is 17.0 Å². The number of nitrogens with zero attached hydrogens (tertiary/aromatic N) is 2. The maximum Gasteiger partial charge on any atom is 0.330 e. The number of aryl methyl sites for hydroxylation is 1. The average Bonchev–Trinajstić information content (AvgIpc) is 2.91. The molecule has 41 heavy (non-hydrogen) atoms. The first-order valence-corrected chi connectivity index (χ1v) is 14.8. The normalized spacial score (nSPS) is 14.3. The van der Waals surface area contributed by atoms with Crippen LogP contribution in [0.4, 0.5) is 0 Å². The Bertz CT molecular complexity index is 1430. The number of aromatic amines is 1. The lowest BCUT2D eigenvalue weighted by molar-refractivity contribution is -0.149. The van der Waals surface area contributed by atoms with E-state index >= 15 is 0 Å². The Hall–Kier alpha value is -3.08. The van der Waals surface area contributed by atoms with Crippen LogP contribution in [0, 0.1) is 6.92 Å². The maximum absolute atomic E-state index is 12.5. The molecule has 2 heterocycles. The van der Waals surface area contributed by atoms with Crippen molar-refractivity contribution in [2.75, 3.05) is 6.61 Å². The third kappa shape index (κ3) is 9.48. The van der Waals surface area contributed by atoms with E-state index in [9.17, 15) is 14.4 Å². The second kappa shape index (κ2) is 15.2. The molecule has 0 saturated carbocycles. The molecule has 13 heteroatoms. The van der Waals surface area contributed by atoms with E-state index in [2.05, 4.69) is 15.1 Å². The zero-order valence-electron chi connectivity index (χ0n) is 23.9. The van der Waals surface area contributed by atoms with Crippen LogP contribution < -0.4 is 20.9 Å². The average molecular weight is 607 g/mol. The number of aromatic nitrogens is 3.